The van der Waals surface area contributed by atoms with Crippen molar-refractivity contribution in [1.29, 1.82) is 0 Å². The van der Waals surface area contributed by atoms with Crippen LogP contribution >= 0.6 is 15.9 Å². The van der Waals surface area contributed by atoms with Crippen molar-refractivity contribution < 1.29 is 14.7 Å². The molecule has 0 aromatic carbocycles. The van der Waals surface area contributed by atoms with E-state index in [1.54, 1.807) is 32.0 Å². The third-order valence-electron chi connectivity index (χ3n) is 3.34. The number of pyridine rings is 1. The van der Waals surface area contributed by atoms with Gasteiger partial charge in [0.15, 0.2) is 0 Å². The molecule has 0 aliphatic heterocycles. The third-order valence-corrected chi connectivity index (χ3v) is 3.78. The molecule has 1 aromatic heterocycles. The zero-order chi connectivity index (χ0) is 14.5. The van der Waals surface area contributed by atoms with Gasteiger partial charge in [-0.15, -0.1) is 0 Å². The first-order valence-corrected chi connectivity index (χ1v) is 6.88. The van der Waals surface area contributed by atoms with Gasteiger partial charge in [-0.05, 0) is 40.9 Å². The largest absolute Gasteiger partial charge is 0.481 e. The summed E-state index contributed by atoms with van der Waals surface area (Å²) in [6.45, 7) is 3.71. The molecular weight excluding hydrogens is 312 g/mol. The molecule has 0 aliphatic rings. The lowest BCUT2D eigenvalue weighted by atomic mass is 9.82. The van der Waals surface area contributed by atoms with E-state index in [1.807, 2.05) is 0 Å². The number of amides is 1. The van der Waals surface area contributed by atoms with Crippen LogP contribution in [0.15, 0.2) is 22.8 Å². The number of nitrogens with one attached hydrogen (secondary N) is 1. The first-order valence-electron chi connectivity index (χ1n) is 6.09. The van der Waals surface area contributed by atoms with Crippen LogP contribution in [0.4, 0.5) is 0 Å². The number of hydrogen-bond donors (Lipinski definition) is 2. The van der Waals surface area contributed by atoms with Crippen LogP contribution in [0.2, 0.25) is 0 Å². The average molecular weight is 329 g/mol. The van der Waals surface area contributed by atoms with E-state index in [9.17, 15) is 14.7 Å². The molecule has 0 fully saturated rings. The van der Waals surface area contributed by atoms with Crippen molar-refractivity contribution >= 4 is 27.8 Å². The second kappa shape index (κ2) is 6.65. The molecule has 5 nitrogen and oxygen atoms in total. The highest BCUT2D eigenvalue weighted by Crippen LogP contribution is 2.25. The Morgan fingerprint density at radius 3 is 2.47 bits per heavy atom. The van der Waals surface area contributed by atoms with Gasteiger partial charge in [-0.1, -0.05) is 19.9 Å². The van der Waals surface area contributed by atoms with Crippen molar-refractivity contribution in [1.82, 2.24) is 10.3 Å². The van der Waals surface area contributed by atoms with Gasteiger partial charge in [0.05, 0.1) is 5.41 Å². The molecule has 0 bridgehead atoms. The summed E-state index contributed by atoms with van der Waals surface area (Å²) >= 11 is 3.19. The molecule has 0 radical (unpaired) electrons. The van der Waals surface area contributed by atoms with Crippen molar-refractivity contribution in [3.8, 4) is 0 Å². The quantitative estimate of drug-likeness (QED) is 0.786. The number of rotatable bonds is 6. The molecule has 1 heterocycles. The van der Waals surface area contributed by atoms with Crippen molar-refractivity contribution in [2.45, 2.75) is 26.7 Å². The van der Waals surface area contributed by atoms with Crippen LogP contribution in [-0.4, -0.2) is 28.5 Å². The molecule has 0 saturated carbocycles. The van der Waals surface area contributed by atoms with Crippen LogP contribution < -0.4 is 5.32 Å². The van der Waals surface area contributed by atoms with E-state index in [0.29, 0.717) is 17.4 Å². The minimum atomic E-state index is -0.915. The highest BCUT2D eigenvalue weighted by atomic mass is 79.9. The maximum Gasteiger partial charge on any atom is 0.311 e. The molecule has 0 saturated heterocycles. The fraction of sp³-hybridized carbons (Fsp3) is 0.462. The summed E-state index contributed by atoms with van der Waals surface area (Å²) < 4.78 is 0.565. The van der Waals surface area contributed by atoms with E-state index in [2.05, 4.69) is 26.2 Å². The third kappa shape index (κ3) is 3.76. The van der Waals surface area contributed by atoms with Gasteiger partial charge in [0.2, 0.25) is 0 Å². The van der Waals surface area contributed by atoms with Gasteiger partial charge in [-0.3, -0.25) is 9.59 Å². The topological polar surface area (TPSA) is 79.3 Å². The lowest BCUT2D eigenvalue weighted by Gasteiger charge is -2.26. The highest BCUT2D eigenvalue weighted by molar-refractivity contribution is 9.10. The predicted octanol–water partition coefficient (Wildman–Crippen LogP) is 2.46. The van der Waals surface area contributed by atoms with E-state index in [-0.39, 0.29) is 18.1 Å². The minimum Gasteiger partial charge on any atom is -0.481 e. The molecule has 0 aliphatic carbocycles. The predicted molar refractivity (Wildman–Crippen MR) is 74.9 cm³/mol. The Kier molecular flexibility index (Phi) is 5.47. The monoisotopic (exact) mass is 328 g/mol. The molecule has 1 rings (SSSR count). The first kappa shape index (κ1) is 15.6. The number of carboxylic acids is 1. The average Bonchev–Trinajstić information content (AvgIpc) is 2.40. The van der Waals surface area contributed by atoms with Crippen LogP contribution in [0, 0.1) is 5.41 Å². The van der Waals surface area contributed by atoms with Crippen molar-refractivity contribution in [2.24, 2.45) is 5.41 Å². The maximum absolute atomic E-state index is 11.9. The van der Waals surface area contributed by atoms with Crippen LogP contribution in [-0.2, 0) is 4.79 Å². The summed E-state index contributed by atoms with van der Waals surface area (Å²) in [5.74, 6) is -1.26. The Labute approximate surface area is 120 Å². The number of carbonyl (C=O) groups is 2. The van der Waals surface area contributed by atoms with Gasteiger partial charge >= 0.3 is 5.97 Å². The normalized spacial score (nSPS) is 11.1. The van der Waals surface area contributed by atoms with Crippen molar-refractivity contribution in [2.75, 3.05) is 6.54 Å². The van der Waals surface area contributed by atoms with E-state index < -0.39 is 11.4 Å². The zero-order valence-electron chi connectivity index (χ0n) is 10.9. The summed E-state index contributed by atoms with van der Waals surface area (Å²) in [7, 11) is 0. The summed E-state index contributed by atoms with van der Waals surface area (Å²) in [6.07, 6.45) is 0.927. The second-order valence-electron chi connectivity index (χ2n) is 4.32. The minimum absolute atomic E-state index is 0.0996. The molecule has 2 N–H and O–H groups in total. The lowest BCUT2D eigenvalue weighted by Crippen LogP contribution is -2.42. The van der Waals surface area contributed by atoms with Gasteiger partial charge in [0, 0.05) is 6.54 Å². The van der Waals surface area contributed by atoms with Crippen LogP contribution in [0.25, 0.3) is 0 Å². The van der Waals surface area contributed by atoms with Gasteiger partial charge in [0.25, 0.3) is 5.91 Å². The van der Waals surface area contributed by atoms with E-state index in [0.717, 1.165) is 0 Å². The van der Waals surface area contributed by atoms with Crippen molar-refractivity contribution in [3.05, 3.63) is 28.5 Å². The molecule has 0 spiro atoms. The number of nitrogens with zero attached hydrogens (tertiary/aromatic N) is 1. The van der Waals surface area contributed by atoms with Crippen LogP contribution in [0.3, 0.4) is 0 Å². The summed E-state index contributed by atoms with van der Waals surface area (Å²) in [5.41, 5.74) is -0.650. The molecule has 6 heteroatoms. The Morgan fingerprint density at radius 2 is 2.00 bits per heavy atom. The number of carboxylic acid groups (broad SMARTS) is 1. The fourth-order valence-corrected chi connectivity index (χ4v) is 2.10. The fourth-order valence-electron chi connectivity index (χ4n) is 1.75. The molecule has 0 unspecified atom stereocenters. The second-order valence-corrected chi connectivity index (χ2v) is 5.13. The Balaban J connectivity index is 2.75. The van der Waals surface area contributed by atoms with Crippen LogP contribution in [0.1, 0.15) is 37.2 Å². The number of aliphatic carboxylic acids is 1. The molecule has 1 amide bonds. The molecule has 19 heavy (non-hydrogen) atoms. The Morgan fingerprint density at radius 1 is 1.37 bits per heavy atom. The number of aromatic nitrogens is 1. The highest BCUT2D eigenvalue weighted by Gasteiger charge is 2.35. The maximum atomic E-state index is 11.9. The molecule has 0 atom stereocenters. The molecule has 1 aromatic rings. The zero-order valence-corrected chi connectivity index (χ0v) is 12.5. The SMILES string of the molecule is CCC(CC)(CNC(=O)c1cccc(Br)n1)C(=O)O. The standard InChI is InChI=1S/C13H17BrN2O3/c1-3-13(4-2,12(18)19)8-15-11(17)9-6-5-7-10(14)16-9/h5-7H,3-4,8H2,1-2H3,(H,15,17)(H,18,19). The Bertz CT molecular complexity index is 473. The molecule has 104 valence electrons. The number of carbonyl (C=O) groups excluding carboxylic acids is 1. The van der Waals surface area contributed by atoms with E-state index in [1.165, 1.54) is 0 Å². The lowest BCUT2D eigenvalue weighted by molar-refractivity contribution is -0.149. The summed E-state index contributed by atoms with van der Waals surface area (Å²) in [5, 5.41) is 11.9. The number of halogens is 1. The first-order chi connectivity index (χ1) is 8.95. The van der Waals surface area contributed by atoms with E-state index >= 15 is 0 Å². The van der Waals surface area contributed by atoms with E-state index in [4.69, 9.17) is 0 Å². The summed E-state index contributed by atoms with van der Waals surface area (Å²) in [6, 6.07) is 5.01. The van der Waals surface area contributed by atoms with Crippen molar-refractivity contribution in [3.63, 3.8) is 0 Å². The van der Waals surface area contributed by atoms with Gasteiger partial charge in [-0.2, -0.15) is 0 Å². The number of hydrogen-bond acceptors (Lipinski definition) is 3. The van der Waals surface area contributed by atoms with Crippen LogP contribution in [0.5, 0.6) is 0 Å². The smallest absolute Gasteiger partial charge is 0.311 e. The van der Waals surface area contributed by atoms with Gasteiger partial charge in [0.1, 0.15) is 10.3 Å². The molecular formula is C13H17BrN2O3. The summed E-state index contributed by atoms with van der Waals surface area (Å²) in [4.78, 5) is 27.3. The van der Waals surface area contributed by atoms with Gasteiger partial charge in [-0.25, -0.2) is 4.98 Å². The Hall–Kier alpha value is -1.43. The van der Waals surface area contributed by atoms with Gasteiger partial charge < -0.3 is 10.4 Å².